The smallest absolute Gasteiger partial charge is 0.141 e. The van der Waals surface area contributed by atoms with Crippen LogP contribution < -0.4 is 15.8 Å². The van der Waals surface area contributed by atoms with E-state index in [1.807, 2.05) is 80.6 Å². The molecule has 0 saturated heterocycles. The number of hydrogen-bond acceptors (Lipinski definition) is 6. The molecule has 0 bridgehead atoms. The number of para-hydroxylation sites is 1. The van der Waals surface area contributed by atoms with Crippen LogP contribution >= 0.6 is 0 Å². The van der Waals surface area contributed by atoms with Gasteiger partial charge in [0.15, 0.2) is 0 Å². The molecule has 6 heteroatoms. The van der Waals surface area contributed by atoms with E-state index in [9.17, 15) is 5.11 Å². The van der Waals surface area contributed by atoms with Crippen LogP contribution in [-0.2, 0) is 0 Å². The number of nitrogens with zero attached hydrogens (tertiary/aromatic N) is 2. The number of aliphatic hydroxyl groups excluding tert-OH is 1. The lowest BCUT2D eigenvalue weighted by atomic mass is 10.1. The normalized spacial score (nSPS) is 12.5. The second kappa shape index (κ2) is 10.1. The minimum Gasteiger partial charge on any atom is -0.457 e. The number of nitrogens with one attached hydrogen (secondary N) is 1. The number of nitrogens with two attached hydrogens (primary N) is 1. The molecule has 4 N–H and O–H groups in total. The fourth-order valence-corrected chi connectivity index (χ4v) is 3.26. The van der Waals surface area contributed by atoms with Gasteiger partial charge in [-0.3, -0.25) is 0 Å². The number of rotatable bonds is 6. The average Bonchev–Trinajstić information content (AvgIpc) is 2.84. The Balaban J connectivity index is 1.58. The molecular formula is C27H26N4O2. The zero-order valence-corrected chi connectivity index (χ0v) is 18.6. The van der Waals surface area contributed by atoms with Crippen molar-refractivity contribution < 1.29 is 9.84 Å². The van der Waals surface area contributed by atoms with E-state index in [-0.39, 0.29) is 5.92 Å². The summed E-state index contributed by atoms with van der Waals surface area (Å²) in [6.45, 7) is 4.25. The maximum absolute atomic E-state index is 10.1. The molecule has 4 aromatic rings. The molecule has 6 nitrogen and oxygen atoms in total. The first-order valence-electron chi connectivity index (χ1n) is 10.8. The number of benzene rings is 3. The summed E-state index contributed by atoms with van der Waals surface area (Å²) in [5, 5.41) is 14.3. The standard InChI is InChI=1S/C27H26N4O2/c1-18-14-21(10-13-26(18)33-22-6-4-3-5-7-22)31-27-23-15-20(8-11-24(23)29-17-30-27)9-12-25(32)19(2)16-28/h3-8,10-11,13-15,17,19,25,32H,16,28H2,1-2H3,(H,29,30,31). The van der Waals surface area contributed by atoms with Gasteiger partial charge in [0.05, 0.1) is 5.52 Å². The van der Waals surface area contributed by atoms with Crippen LogP contribution in [0.2, 0.25) is 0 Å². The number of aliphatic hydroxyl groups is 1. The molecule has 33 heavy (non-hydrogen) atoms. The number of ether oxygens (including phenoxy) is 1. The highest BCUT2D eigenvalue weighted by molar-refractivity contribution is 5.91. The summed E-state index contributed by atoms with van der Waals surface area (Å²) in [6.07, 6.45) is 0.762. The minimum absolute atomic E-state index is 0.0874. The van der Waals surface area contributed by atoms with Gasteiger partial charge in [0, 0.05) is 22.6 Å². The van der Waals surface area contributed by atoms with Crippen molar-refractivity contribution in [1.82, 2.24) is 9.97 Å². The first-order chi connectivity index (χ1) is 16.0. The predicted molar refractivity (Wildman–Crippen MR) is 132 cm³/mol. The monoisotopic (exact) mass is 438 g/mol. The first kappa shape index (κ1) is 22.3. The molecule has 0 aliphatic carbocycles. The number of aromatic nitrogens is 2. The lowest BCUT2D eigenvalue weighted by molar-refractivity contribution is 0.175. The lowest BCUT2D eigenvalue weighted by Gasteiger charge is -2.12. The zero-order chi connectivity index (χ0) is 23.2. The van der Waals surface area contributed by atoms with Gasteiger partial charge in [-0.05, 0) is 67.6 Å². The maximum Gasteiger partial charge on any atom is 0.141 e. The number of aryl methyl sites for hydroxylation is 1. The molecule has 0 amide bonds. The SMILES string of the molecule is Cc1cc(Nc2ncnc3ccc(C#CC(O)C(C)CN)cc23)ccc1Oc1ccccc1. The van der Waals surface area contributed by atoms with E-state index in [1.165, 1.54) is 6.33 Å². The van der Waals surface area contributed by atoms with Crippen molar-refractivity contribution in [1.29, 1.82) is 0 Å². The van der Waals surface area contributed by atoms with Crippen LogP contribution in [0.5, 0.6) is 11.5 Å². The Morgan fingerprint density at radius 3 is 2.64 bits per heavy atom. The van der Waals surface area contributed by atoms with Gasteiger partial charge >= 0.3 is 0 Å². The highest BCUT2D eigenvalue weighted by Gasteiger charge is 2.10. The van der Waals surface area contributed by atoms with Crippen LogP contribution in [0.1, 0.15) is 18.1 Å². The van der Waals surface area contributed by atoms with E-state index in [0.717, 1.165) is 39.2 Å². The Hall–Kier alpha value is -3.92. The molecule has 1 heterocycles. The van der Waals surface area contributed by atoms with Crippen LogP contribution in [0.3, 0.4) is 0 Å². The zero-order valence-electron chi connectivity index (χ0n) is 18.6. The van der Waals surface area contributed by atoms with E-state index < -0.39 is 6.10 Å². The number of anilines is 2. The van der Waals surface area contributed by atoms with Gasteiger partial charge in [-0.2, -0.15) is 0 Å². The number of fused-ring (bicyclic) bond motifs is 1. The molecule has 166 valence electrons. The molecular weight excluding hydrogens is 412 g/mol. The minimum atomic E-state index is -0.769. The number of hydrogen-bond donors (Lipinski definition) is 3. The van der Waals surface area contributed by atoms with E-state index >= 15 is 0 Å². The summed E-state index contributed by atoms with van der Waals surface area (Å²) in [7, 11) is 0. The van der Waals surface area contributed by atoms with Crippen LogP contribution in [-0.4, -0.2) is 27.7 Å². The summed E-state index contributed by atoms with van der Waals surface area (Å²) in [4.78, 5) is 8.79. The average molecular weight is 439 g/mol. The second-order valence-corrected chi connectivity index (χ2v) is 7.90. The van der Waals surface area contributed by atoms with Crippen molar-refractivity contribution in [3.05, 3.63) is 84.2 Å². The van der Waals surface area contributed by atoms with Gasteiger partial charge in [0.1, 0.15) is 29.7 Å². The molecule has 1 aromatic heterocycles. The Morgan fingerprint density at radius 2 is 1.88 bits per heavy atom. The largest absolute Gasteiger partial charge is 0.457 e. The van der Waals surface area contributed by atoms with Crippen LogP contribution in [0.25, 0.3) is 10.9 Å². The summed E-state index contributed by atoms with van der Waals surface area (Å²) in [6, 6.07) is 21.3. The van der Waals surface area contributed by atoms with Gasteiger partial charge in [-0.25, -0.2) is 9.97 Å². The lowest BCUT2D eigenvalue weighted by Crippen LogP contribution is -2.23. The van der Waals surface area contributed by atoms with Crippen LogP contribution in [0.15, 0.2) is 73.1 Å². The van der Waals surface area contributed by atoms with Gasteiger partial charge < -0.3 is 20.9 Å². The molecule has 0 aliphatic heterocycles. The van der Waals surface area contributed by atoms with E-state index in [4.69, 9.17) is 10.5 Å². The van der Waals surface area contributed by atoms with E-state index in [0.29, 0.717) is 12.4 Å². The molecule has 2 atom stereocenters. The second-order valence-electron chi connectivity index (χ2n) is 7.90. The Labute approximate surface area is 193 Å². The summed E-state index contributed by atoms with van der Waals surface area (Å²) in [5.41, 5.74) is 9.06. The first-order valence-corrected chi connectivity index (χ1v) is 10.8. The van der Waals surface area contributed by atoms with E-state index in [1.54, 1.807) is 0 Å². The topological polar surface area (TPSA) is 93.3 Å². The molecule has 0 aliphatic rings. The Morgan fingerprint density at radius 1 is 1.06 bits per heavy atom. The van der Waals surface area contributed by atoms with Crippen molar-refractivity contribution in [3.63, 3.8) is 0 Å². The van der Waals surface area contributed by atoms with Crippen molar-refractivity contribution >= 4 is 22.4 Å². The fraction of sp³-hybridized carbons (Fsp3) is 0.185. The Kier molecular flexibility index (Phi) is 6.84. The van der Waals surface area contributed by atoms with Crippen LogP contribution in [0.4, 0.5) is 11.5 Å². The van der Waals surface area contributed by atoms with E-state index in [2.05, 4.69) is 27.1 Å². The molecule has 0 spiro atoms. The maximum atomic E-state index is 10.1. The van der Waals surface area contributed by atoms with Gasteiger partial charge in [-0.1, -0.05) is 37.0 Å². The molecule has 3 aromatic carbocycles. The summed E-state index contributed by atoms with van der Waals surface area (Å²) < 4.78 is 5.97. The van der Waals surface area contributed by atoms with Crippen molar-refractivity contribution in [2.24, 2.45) is 11.7 Å². The van der Waals surface area contributed by atoms with Gasteiger partial charge in [0.25, 0.3) is 0 Å². The van der Waals surface area contributed by atoms with Crippen molar-refractivity contribution in [3.8, 4) is 23.3 Å². The molecule has 0 saturated carbocycles. The van der Waals surface area contributed by atoms with Crippen molar-refractivity contribution in [2.45, 2.75) is 20.0 Å². The highest BCUT2D eigenvalue weighted by atomic mass is 16.5. The summed E-state index contributed by atoms with van der Waals surface area (Å²) >= 11 is 0. The highest BCUT2D eigenvalue weighted by Crippen LogP contribution is 2.29. The predicted octanol–water partition coefficient (Wildman–Crippen LogP) is 4.78. The molecule has 0 fully saturated rings. The molecule has 0 radical (unpaired) electrons. The molecule has 2 unspecified atom stereocenters. The summed E-state index contributed by atoms with van der Waals surface area (Å²) in [5.74, 6) is 8.07. The third kappa shape index (κ3) is 5.47. The third-order valence-corrected chi connectivity index (χ3v) is 5.32. The third-order valence-electron chi connectivity index (χ3n) is 5.32. The van der Waals surface area contributed by atoms with Gasteiger partial charge in [-0.15, -0.1) is 0 Å². The fourth-order valence-electron chi connectivity index (χ4n) is 3.26. The molecule has 4 rings (SSSR count). The Bertz CT molecular complexity index is 1310. The quantitative estimate of drug-likeness (QED) is 0.375. The van der Waals surface area contributed by atoms with Crippen LogP contribution in [0, 0.1) is 24.7 Å². The van der Waals surface area contributed by atoms with Crippen molar-refractivity contribution in [2.75, 3.05) is 11.9 Å². The van der Waals surface area contributed by atoms with Gasteiger partial charge in [0.2, 0.25) is 0 Å².